The lowest BCUT2D eigenvalue weighted by atomic mass is 10.2. The molecule has 84 valence electrons. The average Bonchev–Trinajstić information content (AvgIpc) is 2.72. The van der Waals surface area contributed by atoms with Gasteiger partial charge in [-0.25, -0.2) is 0 Å². The van der Waals surface area contributed by atoms with Crippen LogP contribution in [0.25, 0.3) is 0 Å². The van der Waals surface area contributed by atoms with Gasteiger partial charge in [0.2, 0.25) is 0 Å². The SMILES string of the molecule is CC(OC1CCNC1)c1ccccn1.Cl. The lowest BCUT2D eigenvalue weighted by molar-refractivity contribution is 0.00602. The van der Waals surface area contributed by atoms with Crippen LogP contribution in [0.15, 0.2) is 24.4 Å². The number of hydrogen-bond acceptors (Lipinski definition) is 3. The zero-order valence-corrected chi connectivity index (χ0v) is 9.67. The smallest absolute Gasteiger partial charge is 0.0970 e. The van der Waals surface area contributed by atoms with E-state index in [-0.39, 0.29) is 18.5 Å². The topological polar surface area (TPSA) is 34.1 Å². The molecule has 3 nitrogen and oxygen atoms in total. The van der Waals surface area contributed by atoms with E-state index in [1.54, 1.807) is 0 Å². The van der Waals surface area contributed by atoms with Gasteiger partial charge in [-0.2, -0.15) is 0 Å². The van der Waals surface area contributed by atoms with E-state index in [1.165, 1.54) is 0 Å². The maximum atomic E-state index is 5.87. The van der Waals surface area contributed by atoms with Crippen molar-refractivity contribution in [3.8, 4) is 0 Å². The van der Waals surface area contributed by atoms with Gasteiger partial charge < -0.3 is 10.1 Å². The minimum atomic E-state index is 0. The van der Waals surface area contributed by atoms with E-state index >= 15 is 0 Å². The molecule has 2 rings (SSSR count). The van der Waals surface area contributed by atoms with Crippen molar-refractivity contribution in [1.29, 1.82) is 0 Å². The average molecular weight is 229 g/mol. The zero-order chi connectivity index (χ0) is 9.80. The van der Waals surface area contributed by atoms with E-state index in [9.17, 15) is 0 Å². The predicted molar refractivity (Wildman–Crippen MR) is 62.3 cm³/mol. The second-order valence-electron chi connectivity index (χ2n) is 3.65. The Labute approximate surface area is 96.7 Å². The van der Waals surface area contributed by atoms with Crippen molar-refractivity contribution in [2.75, 3.05) is 13.1 Å². The second-order valence-corrected chi connectivity index (χ2v) is 3.65. The monoisotopic (exact) mass is 228 g/mol. The molecule has 1 N–H and O–H groups in total. The summed E-state index contributed by atoms with van der Waals surface area (Å²) in [5.74, 6) is 0. The van der Waals surface area contributed by atoms with Gasteiger partial charge in [0.05, 0.1) is 17.9 Å². The highest BCUT2D eigenvalue weighted by atomic mass is 35.5. The van der Waals surface area contributed by atoms with E-state index < -0.39 is 0 Å². The summed E-state index contributed by atoms with van der Waals surface area (Å²) in [7, 11) is 0. The van der Waals surface area contributed by atoms with E-state index in [0.717, 1.165) is 25.2 Å². The van der Waals surface area contributed by atoms with Crippen molar-refractivity contribution in [2.24, 2.45) is 0 Å². The normalized spacial score (nSPS) is 22.1. The van der Waals surface area contributed by atoms with E-state index in [0.29, 0.717) is 6.10 Å². The van der Waals surface area contributed by atoms with Gasteiger partial charge in [0.1, 0.15) is 0 Å². The van der Waals surface area contributed by atoms with Crippen LogP contribution in [0.2, 0.25) is 0 Å². The second kappa shape index (κ2) is 6.05. The lowest BCUT2D eigenvalue weighted by Gasteiger charge is -2.17. The van der Waals surface area contributed by atoms with Gasteiger partial charge in [-0.05, 0) is 32.0 Å². The molecule has 2 unspecified atom stereocenters. The fraction of sp³-hybridized carbons (Fsp3) is 0.545. The Hall–Kier alpha value is -0.640. The molecular weight excluding hydrogens is 212 g/mol. The minimum absolute atomic E-state index is 0. The highest BCUT2D eigenvalue weighted by molar-refractivity contribution is 5.85. The summed E-state index contributed by atoms with van der Waals surface area (Å²) in [5.41, 5.74) is 1.01. The predicted octanol–water partition coefficient (Wildman–Crippen LogP) is 1.94. The molecule has 0 bridgehead atoms. The number of pyridine rings is 1. The van der Waals surface area contributed by atoms with E-state index in [2.05, 4.69) is 17.2 Å². The zero-order valence-electron chi connectivity index (χ0n) is 8.85. The van der Waals surface area contributed by atoms with Gasteiger partial charge in [-0.3, -0.25) is 4.98 Å². The van der Waals surface area contributed by atoms with E-state index in [4.69, 9.17) is 4.74 Å². The van der Waals surface area contributed by atoms with Crippen LogP contribution < -0.4 is 5.32 Å². The first-order chi connectivity index (χ1) is 6.86. The summed E-state index contributed by atoms with van der Waals surface area (Å²) in [4.78, 5) is 4.28. The van der Waals surface area contributed by atoms with Gasteiger partial charge >= 0.3 is 0 Å². The van der Waals surface area contributed by atoms with Crippen molar-refractivity contribution < 1.29 is 4.74 Å². The molecule has 15 heavy (non-hydrogen) atoms. The summed E-state index contributed by atoms with van der Waals surface area (Å²) in [6.07, 6.45) is 3.37. The first kappa shape index (κ1) is 12.4. The molecule has 1 aliphatic rings. The maximum Gasteiger partial charge on any atom is 0.0970 e. The van der Waals surface area contributed by atoms with Crippen LogP contribution >= 0.6 is 12.4 Å². The number of ether oxygens (including phenoxy) is 1. The molecule has 0 amide bonds. The fourth-order valence-electron chi connectivity index (χ4n) is 1.72. The van der Waals surface area contributed by atoms with Crippen LogP contribution in [-0.2, 0) is 4.74 Å². The van der Waals surface area contributed by atoms with Crippen LogP contribution in [0, 0.1) is 0 Å². The van der Waals surface area contributed by atoms with Crippen LogP contribution in [0.5, 0.6) is 0 Å². The molecule has 0 aromatic carbocycles. The van der Waals surface area contributed by atoms with Crippen molar-refractivity contribution >= 4 is 12.4 Å². The van der Waals surface area contributed by atoms with Gasteiger partial charge in [-0.15, -0.1) is 12.4 Å². The van der Waals surface area contributed by atoms with Crippen LogP contribution in [0.3, 0.4) is 0 Å². The highest BCUT2D eigenvalue weighted by Gasteiger charge is 2.18. The molecular formula is C11H17ClN2O. The third kappa shape index (κ3) is 3.45. The molecule has 1 saturated heterocycles. The lowest BCUT2D eigenvalue weighted by Crippen LogP contribution is -2.18. The van der Waals surface area contributed by atoms with Crippen molar-refractivity contribution in [3.05, 3.63) is 30.1 Å². The standard InChI is InChI=1S/C11H16N2O.ClH/c1-9(11-4-2-3-6-13-11)14-10-5-7-12-8-10;/h2-4,6,9-10,12H,5,7-8H2,1H3;1H. The number of hydrogen-bond donors (Lipinski definition) is 1. The molecule has 4 heteroatoms. The van der Waals surface area contributed by atoms with E-state index in [1.807, 2.05) is 24.4 Å². The molecule has 1 aromatic heterocycles. The summed E-state index contributed by atoms with van der Waals surface area (Å²) >= 11 is 0. The molecule has 0 radical (unpaired) electrons. The first-order valence-electron chi connectivity index (χ1n) is 5.13. The minimum Gasteiger partial charge on any atom is -0.368 e. The summed E-state index contributed by atoms with van der Waals surface area (Å²) in [6.45, 7) is 4.09. The van der Waals surface area contributed by atoms with Crippen molar-refractivity contribution in [1.82, 2.24) is 10.3 Å². The number of halogens is 1. The van der Waals surface area contributed by atoms with Crippen LogP contribution in [0.4, 0.5) is 0 Å². The number of aromatic nitrogens is 1. The molecule has 1 fully saturated rings. The summed E-state index contributed by atoms with van der Waals surface area (Å²) in [6, 6.07) is 5.93. The van der Waals surface area contributed by atoms with Gasteiger partial charge in [-0.1, -0.05) is 6.07 Å². The Morgan fingerprint density at radius 1 is 1.53 bits per heavy atom. The highest BCUT2D eigenvalue weighted by Crippen LogP contribution is 2.18. The molecule has 0 spiro atoms. The number of nitrogens with one attached hydrogen (secondary N) is 1. The quantitative estimate of drug-likeness (QED) is 0.859. The summed E-state index contributed by atoms with van der Waals surface area (Å²) in [5, 5.41) is 3.28. The Balaban J connectivity index is 0.00000112. The third-order valence-electron chi connectivity index (χ3n) is 2.52. The Kier molecular flexibility index (Phi) is 5.02. The number of rotatable bonds is 3. The van der Waals surface area contributed by atoms with Crippen LogP contribution in [-0.4, -0.2) is 24.2 Å². The van der Waals surface area contributed by atoms with Crippen molar-refractivity contribution in [3.63, 3.8) is 0 Å². The molecule has 1 aliphatic heterocycles. The van der Waals surface area contributed by atoms with Gasteiger partial charge in [0.15, 0.2) is 0 Å². The number of nitrogens with zero attached hydrogens (tertiary/aromatic N) is 1. The molecule has 1 aromatic rings. The Bertz CT molecular complexity index is 275. The maximum absolute atomic E-state index is 5.87. The summed E-state index contributed by atoms with van der Waals surface area (Å²) < 4.78 is 5.87. The molecule has 2 atom stereocenters. The first-order valence-corrected chi connectivity index (χ1v) is 5.13. The molecule has 0 saturated carbocycles. The van der Waals surface area contributed by atoms with Gasteiger partial charge in [0, 0.05) is 12.7 Å². The Morgan fingerprint density at radius 3 is 3.00 bits per heavy atom. The molecule has 2 heterocycles. The third-order valence-corrected chi connectivity index (χ3v) is 2.52. The largest absolute Gasteiger partial charge is 0.368 e. The van der Waals surface area contributed by atoms with Crippen LogP contribution in [0.1, 0.15) is 25.1 Å². The van der Waals surface area contributed by atoms with Gasteiger partial charge in [0.25, 0.3) is 0 Å². The molecule has 0 aliphatic carbocycles. The fourth-order valence-corrected chi connectivity index (χ4v) is 1.72. The van der Waals surface area contributed by atoms with Crippen molar-refractivity contribution in [2.45, 2.75) is 25.6 Å². The Morgan fingerprint density at radius 2 is 2.40 bits per heavy atom.